The van der Waals surface area contributed by atoms with Crippen LogP contribution in [-0.4, -0.2) is 35.9 Å². The lowest BCUT2D eigenvalue weighted by Crippen LogP contribution is -2.32. The van der Waals surface area contributed by atoms with Gasteiger partial charge in [-0.05, 0) is 25.0 Å². The third-order valence-corrected chi connectivity index (χ3v) is 2.90. The van der Waals surface area contributed by atoms with Gasteiger partial charge >= 0.3 is 5.69 Å². The molecule has 0 N–H and O–H groups in total. The molecule has 6 nitrogen and oxygen atoms in total. The zero-order chi connectivity index (χ0) is 15.1. The van der Waals surface area contributed by atoms with Crippen molar-refractivity contribution in [2.24, 2.45) is 0 Å². The molecule has 0 saturated carbocycles. The van der Waals surface area contributed by atoms with E-state index in [0.29, 0.717) is 18.7 Å². The minimum absolute atomic E-state index is 0.157. The Kier molecular flexibility index (Phi) is 5.96. The standard InChI is InChI=1S/C14H20N2O4/c1-4-8-15(9-5-2)14(17)11-6-7-13(20-3)12(10-11)16(18)19/h6-7,10H,4-5,8-9H2,1-3H3. The van der Waals surface area contributed by atoms with Crippen LogP contribution >= 0.6 is 0 Å². The van der Waals surface area contributed by atoms with Crippen molar-refractivity contribution in [3.8, 4) is 5.75 Å². The maximum absolute atomic E-state index is 12.4. The zero-order valence-corrected chi connectivity index (χ0v) is 12.1. The predicted molar refractivity (Wildman–Crippen MR) is 76.1 cm³/mol. The van der Waals surface area contributed by atoms with Gasteiger partial charge in [0.25, 0.3) is 5.91 Å². The maximum atomic E-state index is 12.4. The number of methoxy groups -OCH3 is 1. The molecule has 0 unspecified atom stereocenters. The van der Waals surface area contributed by atoms with Crippen LogP contribution in [0.3, 0.4) is 0 Å². The first-order chi connectivity index (χ1) is 9.54. The van der Waals surface area contributed by atoms with Crippen LogP contribution in [0.15, 0.2) is 18.2 Å². The molecule has 0 aromatic heterocycles. The molecule has 0 fully saturated rings. The molecule has 0 atom stereocenters. The second-order valence-corrected chi connectivity index (χ2v) is 4.44. The normalized spacial score (nSPS) is 10.2. The van der Waals surface area contributed by atoms with Gasteiger partial charge in [-0.2, -0.15) is 0 Å². The second-order valence-electron chi connectivity index (χ2n) is 4.44. The van der Waals surface area contributed by atoms with Crippen molar-refractivity contribution >= 4 is 11.6 Å². The number of carbonyl (C=O) groups excluding carboxylic acids is 1. The van der Waals surface area contributed by atoms with Gasteiger partial charge in [0.15, 0.2) is 5.75 Å². The van der Waals surface area contributed by atoms with Gasteiger partial charge in [0.05, 0.1) is 12.0 Å². The first kappa shape index (κ1) is 15.9. The zero-order valence-electron chi connectivity index (χ0n) is 12.1. The first-order valence-electron chi connectivity index (χ1n) is 6.66. The van der Waals surface area contributed by atoms with Gasteiger partial charge in [-0.25, -0.2) is 0 Å². The van der Waals surface area contributed by atoms with Crippen LogP contribution in [0.5, 0.6) is 5.75 Å². The quantitative estimate of drug-likeness (QED) is 0.568. The lowest BCUT2D eigenvalue weighted by atomic mass is 10.1. The summed E-state index contributed by atoms with van der Waals surface area (Å²) in [4.78, 5) is 24.5. The van der Waals surface area contributed by atoms with Crippen LogP contribution in [0.1, 0.15) is 37.0 Å². The number of ether oxygens (including phenoxy) is 1. The van der Waals surface area contributed by atoms with E-state index in [1.54, 1.807) is 11.0 Å². The molecule has 0 radical (unpaired) electrons. The Balaban J connectivity index is 3.08. The highest BCUT2D eigenvalue weighted by Crippen LogP contribution is 2.28. The van der Waals surface area contributed by atoms with Crippen molar-refractivity contribution in [2.75, 3.05) is 20.2 Å². The largest absolute Gasteiger partial charge is 0.490 e. The molecule has 1 amide bonds. The van der Waals surface area contributed by atoms with E-state index < -0.39 is 4.92 Å². The lowest BCUT2D eigenvalue weighted by molar-refractivity contribution is -0.385. The molecule has 0 aliphatic rings. The van der Waals surface area contributed by atoms with Crippen molar-refractivity contribution in [2.45, 2.75) is 26.7 Å². The highest BCUT2D eigenvalue weighted by molar-refractivity contribution is 5.95. The van der Waals surface area contributed by atoms with E-state index in [2.05, 4.69) is 0 Å². The molecular weight excluding hydrogens is 260 g/mol. The number of hydrogen-bond acceptors (Lipinski definition) is 4. The monoisotopic (exact) mass is 280 g/mol. The number of amides is 1. The van der Waals surface area contributed by atoms with Gasteiger partial charge in [-0.15, -0.1) is 0 Å². The lowest BCUT2D eigenvalue weighted by Gasteiger charge is -2.21. The molecule has 0 bridgehead atoms. The second kappa shape index (κ2) is 7.47. The molecule has 110 valence electrons. The third-order valence-electron chi connectivity index (χ3n) is 2.90. The van der Waals surface area contributed by atoms with Gasteiger partial charge in [-0.3, -0.25) is 14.9 Å². The molecule has 0 aliphatic heterocycles. The van der Waals surface area contributed by atoms with E-state index in [1.165, 1.54) is 19.2 Å². The van der Waals surface area contributed by atoms with Crippen LogP contribution in [0.25, 0.3) is 0 Å². The van der Waals surface area contributed by atoms with Gasteiger partial charge in [-0.1, -0.05) is 13.8 Å². The van der Waals surface area contributed by atoms with E-state index >= 15 is 0 Å². The molecule has 20 heavy (non-hydrogen) atoms. The molecule has 1 rings (SSSR count). The molecule has 0 aliphatic carbocycles. The summed E-state index contributed by atoms with van der Waals surface area (Å²) in [6, 6.07) is 4.30. The number of nitro groups is 1. The van der Waals surface area contributed by atoms with E-state index in [0.717, 1.165) is 12.8 Å². The number of hydrogen-bond donors (Lipinski definition) is 0. The van der Waals surface area contributed by atoms with Crippen LogP contribution in [0.4, 0.5) is 5.69 Å². The molecule has 0 saturated heterocycles. The van der Waals surface area contributed by atoms with E-state index in [9.17, 15) is 14.9 Å². The van der Waals surface area contributed by atoms with Crippen molar-refractivity contribution in [1.29, 1.82) is 0 Å². The Morgan fingerprint density at radius 2 is 1.90 bits per heavy atom. The summed E-state index contributed by atoms with van der Waals surface area (Å²) in [5, 5.41) is 11.0. The highest BCUT2D eigenvalue weighted by Gasteiger charge is 2.20. The summed E-state index contributed by atoms with van der Waals surface area (Å²) in [6.45, 7) is 5.28. The van der Waals surface area contributed by atoms with Crippen LogP contribution in [0.2, 0.25) is 0 Å². The highest BCUT2D eigenvalue weighted by atomic mass is 16.6. The maximum Gasteiger partial charge on any atom is 0.311 e. The third kappa shape index (κ3) is 3.69. The van der Waals surface area contributed by atoms with E-state index in [1.807, 2.05) is 13.8 Å². The first-order valence-corrected chi connectivity index (χ1v) is 6.66. The topological polar surface area (TPSA) is 72.7 Å². The SMILES string of the molecule is CCCN(CCC)C(=O)c1ccc(OC)c([N+](=O)[O-])c1. The Hall–Kier alpha value is -2.11. The van der Waals surface area contributed by atoms with Crippen molar-refractivity contribution < 1.29 is 14.5 Å². The summed E-state index contributed by atoms with van der Waals surface area (Å²) >= 11 is 0. The molecule has 0 spiro atoms. The molecule has 0 heterocycles. The van der Waals surface area contributed by atoms with Crippen LogP contribution < -0.4 is 4.74 Å². The summed E-state index contributed by atoms with van der Waals surface area (Å²) < 4.78 is 4.93. The number of benzene rings is 1. The summed E-state index contributed by atoms with van der Waals surface area (Å²) in [7, 11) is 1.37. The minimum Gasteiger partial charge on any atom is -0.490 e. The summed E-state index contributed by atoms with van der Waals surface area (Å²) in [5.74, 6) is -0.0245. The van der Waals surface area contributed by atoms with Gasteiger partial charge < -0.3 is 9.64 Å². The Bertz CT molecular complexity index is 482. The number of nitrogens with zero attached hydrogens (tertiary/aromatic N) is 2. The Morgan fingerprint density at radius 1 is 1.30 bits per heavy atom. The predicted octanol–water partition coefficient (Wildman–Crippen LogP) is 2.87. The van der Waals surface area contributed by atoms with Gasteiger partial charge in [0.2, 0.25) is 0 Å². The fraction of sp³-hybridized carbons (Fsp3) is 0.500. The fourth-order valence-corrected chi connectivity index (χ4v) is 2.00. The van der Waals surface area contributed by atoms with E-state index in [-0.39, 0.29) is 17.3 Å². The van der Waals surface area contributed by atoms with Crippen LogP contribution in [-0.2, 0) is 0 Å². The number of carbonyl (C=O) groups is 1. The van der Waals surface area contributed by atoms with Crippen LogP contribution in [0, 0.1) is 10.1 Å². The fourth-order valence-electron chi connectivity index (χ4n) is 2.00. The van der Waals surface area contributed by atoms with Crippen molar-refractivity contribution in [3.63, 3.8) is 0 Å². The molecule has 1 aromatic carbocycles. The Morgan fingerprint density at radius 3 is 2.35 bits per heavy atom. The summed E-state index contributed by atoms with van der Waals surface area (Å²) in [5.41, 5.74) is 0.130. The van der Waals surface area contributed by atoms with E-state index in [4.69, 9.17) is 4.74 Å². The van der Waals surface area contributed by atoms with Crippen molar-refractivity contribution in [1.82, 2.24) is 4.90 Å². The average molecular weight is 280 g/mol. The van der Waals surface area contributed by atoms with Gasteiger partial charge in [0.1, 0.15) is 0 Å². The van der Waals surface area contributed by atoms with Crippen molar-refractivity contribution in [3.05, 3.63) is 33.9 Å². The Labute approximate surface area is 118 Å². The molecular formula is C14H20N2O4. The number of rotatable bonds is 7. The smallest absolute Gasteiger partial charge is 0.311 e. The number of nitro benzene ring substituents is 1. The molecule has 6 heteroatoms. The van der Waals surface area contributed by atoms with Gasteiger partial charge in [0, 0.05) is 24.7 Å². The summed E-state index contributed by atoms with van der Waals surface area (Å²) in [6.07, 6.45) is 1.70. The molecule has 1 aromatic rings. The average Bonchev–Trinajstić information content (AvgIpc) is 2.45. The minimum atomic E-state index is -0.542.